The van der Waals surface area contributed by atoms with Crippen LogP contribution in [0.25, 0.3) is 0 Å². The molecule has 0 rings (SSSR count). The lowest BCUT2D eigenvalue weighted by atomic mass is 10.2. The maximum Gasteiger partial charge on any atom is 0.328 e. The lowest BCUT2D eigenvalue weighted by Gasteiger charge is -2.24. The number of carbonyl (C=O) groups is 2. The van der Waals surface area contributed by atoms with Crippen molar-refractivity contribution in [3.63, 3.8) is 0 Å². The van der Waals surface area contributed by atoms with E-state index >= 15 is 0 Å². The first-order valence-electron chi connectivity index (χ1n) is 5.12. The van der Waals surface area contributed by atoms with Crippen molar-refractivity contribution in [3.05, 3.63) is 0 Å². The lowest BCUT2D eigenvalue weighted by molar-refractivity contribution is -0.141. The molecule has 8 nitrogen and oxygen atoms in total. The van der Waals surface area contributed by atoms with Crippen LogP contribution < -0.4 is 5.32 Å². The van der Waals surface area contributed by atoms with Gasteiger partial charge in [-0.25, -0.2) is 9.59 Å². The van der Waals surface area contributed by atoms with Gasteiger partial charge in [-0.3, -0.25) is 0 Å². The summed E-state index contributed by atoms with van der Waals surface area (Å²) in [7, 11) is 0. The summed E-state index contributed by atoms with van der Waals surface area (Å²) in [6, 6.07) is -2.19. The Hall–Kier alpha value is -1.38. The predicted molar refractivity (Wildman–Crippen MR) is 57.4 cm³/mol. The number of carbonyl (C=O) groups excluding carboxylic acids is 1. The van der Waals surface area contributed by atoms with Gasteiger partial charge in [0.05, 0.1) is 19.3 Å². The number of carboxylic acids is 1. The van der Waals surface area contributed by atoms with Gasteiger partial charge in [-0.15, -0.1) is 0 Å². The molecule has 0 bridgehead atoms. The summed E-state index contributed by atoms with van der Waals surface area (Å²) in [5.41, 5.74) is 0. The Bertz CT molecular complexity index is 252. The third-order valence-corrected chi connectivity index (χ3v) is 2.05. The molecule has 0 fully saturated rings. The van der Waals surface area contributed by atoms with Crippen LogP contribution in [0.1, 0.15) is 6.92 Å². The summed E-state index contributed by atoms with van der Waals surface area (Å²) >= 11 is 0. The molecule has 0 aromatic carbocycles. The molecule has 5 N–H and O–H groups in total. The summed E-state index contributed by atoms with van der Waals surface area (Å²) < 4.78 is 0. The van der Waals surface area contributed by atoms with Gasteiger partial charge in [0.1, 0.15) is 0 Å². The molecule has 0 radical (unpaired) electrons. The van der Waals surface area contributed by atoms with Gasteiger partial charge in [-0.1, -0.05) is 0 Å². The molecule has 0 aromatic heterocycles. The molecule has 0 heterocycles. The molecule has 0 spiro atoms. The first kappa shape index (κ1) is 15.6. The maximum atomic E-state index is 11.6. The molecule has 0 aliphatic carbocycles. The van der Waals surface area contributed by atoms with Crippen molar-refractivity contribution in [1.29, 1.82) is 0 Å². The van der Waals surface area contributed by atoms with Crippen molar-refractivity contribution >= 4 is 12.0 Å². The first-order valence-corrected chi connectivity index (χ1v) is 5.12. The molecular formula is C9H18N2O6. The number of amides is 2. The summed E-state index contributed by atoms with van der Waals surface area (Å²) in [5, 5.41) is 37.4. The number of hydrogen-bond acceptors (Lipinski definition) is 5. The number of urea groups is 1. The SMILES string of the molecule is C[C@@H](O)[C@H](NC(=O)N(CCO)CCO)C(=O)O. The number of aliphatic hydroxyl groups excluding tert-OH is 3. The second-order valence-corrected chi connectivity index (χ2v) is 3.44. The van der Waals surface area contributed by atoms with Crippen LogP contribution in [-0.4, -0.2) is 75.8 Å². The Labute approximate surface area is 98.5 Å². The maximum absolute atomic E-state index is 11.6. The van der Waals surface area contributed by atoms with E-state index in [-0.39, 0.29) is 26.3 Å². The smallest absolute Gasteiger partial charge is 0.328 e. The van der Waals surface area contributed by atoms with Gasteiger partial charge in [-0.2, -0.15) is 0 Å². The van der Waals surface area contributed by atoms with Crippen LogP contribution in [0, 0.1) is 0 Å². The number of nitrogens with zero attached hydrogens (tertiary/aromatic N) is 1. The molecule has 0 aliphatic heterocycles. The van der Waals surface area contributed by atoms with E-state index in [1.807, 2.05) is 0 Å². The molecule has 100 valence electrons. The van der Waals surface area contributed by atoms with Gasteiger partial charge in [0.25, 0.3) is 0 Å². The average Bonchev–Trinajstić information content (AvgIpc) is 2.24. The normalized spacial score (nSPS) is 13.9. The Morgan fingerprint density at radius 2 is 1.71 bits per heavy atom. The highest BCUT2D eigenvalue weighted by Crippen LogP contribution is 1.96. The van der Waals surface area contributed by atoms with Crippen molar-refractivity contribution in [2.75, 3.05) is 26.3 Å². The van der Waals surface area contributed by atoms with Gasteiger partial charge in [-0.05, 0) is 6.92 Å². The Balaban J connectivity index is 4.50. The fraction of sp³-hybridized carbons (Fsp3) is 0.778. The number of nitrogens with one attached hydrogen (secondary N) is 1. The van der Waals surface area contributed by atoms with Gasteiger partial charge < -0.3 is 30.6 Å². The summed E-state index contributed by atoms with van der Waals surface area (Å²) in [4.78, 5) is 23.3. The molecule has 0 aliphatic rings. The molecule has 2 atom stereocenters. The fourth-order valence-corrected chi connectivity index (χ4v) is 1.17. The van der Waals surface area contributed by atoms with Crippen molar-refractivity contribution in [2.24, 2.45) is 0 Å². The van der Waals surface area contributed by atoms with Gasteiger partial charge in [0, 0.05) is 13.1 Å². The van der Waals surface area contributed by atoms with Crippen molar-refractivity contribution in [3.8, 4) is 0 Å². The standard InChI is InChI=1S/C9H18N2O6/c1-6(14)7(8(15)16)10-9(17)11(2-4-12)3-5-13/h6-7,12-14H,2-5H2,1H3,(H,10,17)(H,15,16)/t6-,7+/m1/s1. The number of aliphatic carboxylic acids is 1. The first-order chi connectivity index (χ1) is 7.93. The Morgan fingerprint density at radius 3 is 2.00 bits per heavy atom. The van der Waals surface area contributed by atoms with Crippen molar-refractivity contribution < 1.29 is 30.0 Å². The van der Waals surface area contributed by atoms with Crippen molar-refractivity contribution in [1.82, 2.24) is 10.2 Å². The molecule has 0 unspecified atom stereocenters. The summed E-state index contributed by atoms with van der Waals surface area (Å²) in [5.74, 6) is -1.36. The predicted octanol–water partition coefficient (Wildman–Crippen LogP) is -2.18. The molecule has 8 heteroatoms. The van der Waals surface area contributed by atoms with Gasteiger partial charge in [0.15, 0.2) is 6.04 Å². The topological polar surface area (TPSA) is 130 Å². The minimum absolute atomic E-state index is 0.0292. The molecule has 17 heavy (non-hydrogen) atoms. The minimum atomic E-state index is -1.43. The van der Waals surface area contributed by atoms with E-state index in [4.69, 9.17) is 20.4 Å². The van der Waals surface area contributed by atoms with E-state index in [1.54, 1.807) is 0 Å². The van der Waals surface area contributed by atoms with Crippen LogP contribution in [0.3, 0.4) is 0 Å². The number of carboxylic acid groups (broad SMARTS) is 1. The van der Waals surface area contributed by atoms with E-state index in [9.17, 15) is 9.59 Å². The average molecular weight is 250 g/mol. The highest BCUT2D eigenvalue weighted by Gasteiger charge is 2.26. The van der Waals surface area contributed by atoms with Crippen LogP contribution in [0.4, 0.5) is 4.79 Å². The summed E-state index contributed by atoms with van der Waals surface area (Å²) in [6.45, 7) is 0.568. The number of aliphatic hydroxyl groups is 3. The number of rotatable bonds is 7. The van der Waals surface area contributed by atoms with Crippen LogP contribution in [0.15, 0.2) is 0 Å². The third kappa shape index (κ3) is 5.48. The molecular weight excluding hydrogens is 232 g/mol. The molecule has 2 amide bonds. The molecule has 0 saturated heterocycles. The minimum Gasteiger partial charge on any atom is -0.480 e. The monoisotopic (exact) mass is 250 g/mol. The highest BCUT2D eigenvalue weighted by molar-refractivity contribution is 5.83. The number of hydrogen-bond donors (Lipinski definition) is 5. The van der Waals surface area contributed by atoms with E-state index in [0.717, 1.165) is 4.90 Å². The van der Waals surface area contributed by atoms with E-state index < -0.39 is 24.1 Å². The fourth-order valence-electron chi connectivity index (χ4n) is 1.17. The summed E-state index contributed by atoms with van der Waals surface area (Å²) in [6.07, 6.45) is -1.25. The zero-order valence-corrected chi connectivity index (χ0v) is 9.54. The van der Waals surface area contributed by atoms with Crippen molar-refractivity contribution in [2.45, 2.75) is 19.1 Å². The Kier molecular flexibility index (Phi) is 7.19. The Morgan fingerprint density at radius 1 is 1.24 bits per heavy atom. The van der Waals surface area contributed by atoms with Gasteiger partial charge in [0.2, 0.25) is 0 Å². The molecule has 0 aromatic rings. The van der Waals surface area contributed by atoms with Crippen LogP contribution in [0.5, 0.6) is 0 Å². The van der Waals surface area contributed by atoms with Crippen LogP contribution >= 0.6 is 0 Å². The largest absolute Gasteiger partial charge is 0.480 e. The zero-order valence-electron chi connectivity index (χ0n) is 9.54. The molecule has 0 saturated carbocycles. The van der Waals surface area contributed by atoms with E-state index in [0.29, 0.717) is 0 Å². The second-order valence-electron chi connectivity index (χ2n) is 3.44. The van der Waals surface area contributed by atoms with E-state index in [1.165, 1.54) is 6.92 Å². The van der Waals surface area contributed by atoms with Gasteiger partial charge >= 0.3 is 12.0 Å². The second kappa shape index (κ2) is 7.82. The third-order valence-electron chi connectivity index (χ3n) is 2.05. The van der Waals surface area contributed by atoms with Crippen LogP contribution in [0.2, 0.25) is 0 Å². The van der Waals surface area contributed by atoms with E-state index in [2.05, 4.69) is 5.32 Å². The lowest BCUT2D eigenvalue weighted by Crippen LogP contribution is -2.53. The van der Waals surface area contributed by atoms with Crippen LogP contribution in [-0.2, 0) is 4.79 Å². The quantitative estimate of drug-likeness (QED) is 0.349. The zero-order chi connectivity index (χ0) is 13.4. The highest BCUT2D eigenvalue weighted by atomic mass is 16.4.